The van der Waals surface area contributed by atoms with Crippen LogP contribution in [0.15, 0.2) is 17.0 Å². The Morgan fingerprint density at radius 3 is 2.52 bits per heavy atom. The second-order valence-electron chi connectivity index (χ2n) is 4.68. The van der Waals surface area contributed by atoms with E-state index < -0.39 is 21.6 Å². The van der Waals surface area contributed by atoms with E-state index in [0.717, 1.165) is 10.9 Å². The fourth-order valence-electron chi connectivity index (χ4n) is 1.90. The lowest BCUT2D eigenvalue weighted by molar-refractivity contribution is 0.0696. The topological polar surface area (TPSA) is 115 Å². The number of carboxylic acids is 1. The van der Waals surface area contributed by atoms with Gasteiger partial charge in [0.1, 0.15) is 5.75 Å². The van der Waals surface area contributed by atoms with Gasteiger partial charge in [-0.2, -0.15) is 4.80 Å². The first-order chi connectivity index (χ1) is 9.70. The van der Waals surface area contributed by atoms with Crippen molar-refractivity contribution in [2.24, 2.45) is 7.05 Å². The predicted octanol–water partition coefficient (Wildman–Crippen LogP) is 0.499. The number of rotatable bonds is 4. The van der Waals surface area contributed by atoms with Crippen molar-refractivity contribution in [3.8, 4) is 0 Å². The number of carboxylic acid groups (broad SMARTS) is 1. The van der Waals surface area contributed by atoms with Gasteiger partial charge in [0.2, 0.25) is 0 Å². The molecule has 0 atom stereocenters. The van der Waals surface area contributed by atoms with E-state index >= 15 is 0 Å². The summed E-state index contributed by atoms with van der Waals surface area (Å²) in [6.45, 7) is 3.30. The van der Waals surface area contributed by atoms with Gasteiger partial charge in [-0.25, -0.2) is 13.2 Å². The second-order valence-corrected chi connectivity index (χ2v) is 6.63. The van der Waals surface area contributed by atoms with Crippen molar-refractivity contribution >= 4 is 15.8 Å². The molecule has 0 saturated carbocycles. The van der Waals surface area contributed by atoms with Crippen LogP contribution in [0.3, 0.4) is 0 Å². The summed E-state index contributed by atoms with van der Waals surface area (Å²) < 4.78 is 24.9. The van der Waals surface area contributed by atoms with Gasteiger partial charge in [0.15, 0.2) is 15.7 Å². The maximum atomic E-state index is 12.4. The van der Waals surface area contributed by atoms with E-state index in [9.17, 15) is 13.2 Å². The summed E-state index contributed by atoms with van der Waals surface area (Å²) in [6, 6.07) is 2.60. The van der Waals surface area contributed by atoms with E-state index in [1.54, 1.807) is 13.8 Å². The standard InChI is InChI=1S/C12H14N4O4S/c1-7-4-9(12(17)18)5-10(8(7)2)21(19,20)6-11-13-15-16(3)14-11/h4-5H,6H2,1-3H3,(H,17,18). The number of aromatic nitrogens is 4. The van der Waals surface area contributed by atoms with Gasteiger partial charge >= 0.3 is 5.97 Å². The first kappa shape index (κ1) is 15.1. The summed E-state index contributed by atoms with van der Waals surface area (Å²) in [5.74, 6) is -1.54. The first-order valence-electron chi connectivity index (χ1n) is 6.01. The molecule has 0 aliphatic heterocycles. The molecule has 1 heterocycles. The number of hydrogen-bond acceptors (Lipinski definition) is 6. The van der Waals surface area contributed by atoms with Crippen LogP contribution in [0.1, 0.15) is 27.3 Å². The lowest BCUT2D eigenvalue weighted by Crippen LogP contribution is -2.11. The van der Waals surface area contributed by atoms with Crippen molar-refractivity contribution in [3.63, 3.8) is 0 Å². The van der Waals surface area contributed by atoms with Crippen molar-refractivity contribution in [2.45, 2.75) is 24.5 Å². The van der Waals surface area contributed by atoms with E-state index in [-0.39, 0.29) is 16.3 Å². The minimum Gasteiger partial charge on any atom is -0.478 e. The third-order valence-electron chi connectivity index (χ3n) is 3.07. The van der Waals surface area contributed by atoms with E-state index in [0.29, 0.717) is 11.1 Å². The summed E-state index contributed by atoms with van der Waals surface area (Å²) in [6.07, 6.45) is 0. The smallest absolute Gasteiger partial charge is 0.335 e. The molecule has 2 rings (SSSR count). The average Bonchev–Trinajstić information content (AvgIpc) is 2.76. The van der Waals surface area contributed by atoms with Crippen molar-refractivity contribution < 1.29 is 18.3 Å². The molecule has 1 aromatic carbocycles. The molecule has 0 spiro atoms. The number of benzene rings is 1. The highest BCUT2D eigenvalue weighted by Gasteiger charge is 2.23. The van der Waals surface area contributed by atoms with Gasteiger partial charge in [-0.1, -0.05) is 0 Å². The maximum absolute atomic E-state index is 12.4. The molecule has 0 bridgehead atoms. The SMILES string of the molecule is Cc1cc(C(=O)O)cc(S(=O)(=O)Cc2nnn(C)n2)c1C. The number of aromatic carboxylic acids is 1. The molecule has 0 radical (unpaired) electrons. The van der Waals surface area contributed by atoms with Crippen LogP contribution < -0.4 is 0 Å². The molecule has 8 nitrogen and oxygen atoms in total. The minimum atomic E-state index is -3.75. The van der Waals surface area contributed by atoms with Crippen molar-refractivity contribution in [1.29, 1.82) is 0 Å². The van der Waals surface area contributed by atoms with E-state index in [1.807, 2.05) is 0 Å². The molecule has 9 heteroatoms. The Kier molecular flexibility index (Phi) is 3.77. The summed E-state index contributed by atoms with van der Waals surface area (Å²) >= 11 is 0. The van der Waals surface area contributed by atoms with Crippen LogP contribution in [0.5, 0.6) is 0 Å². The molecular weight excluding hydrogens is 296 g/mol. The zero-order chi connectivity index (χ0) is 15.8. The summed E-state index contributed by atoms with van der Waals surface area (Å²) in [7, 11) is -2.22. The molecule has 2 aromatic rings. The number of hydrogen-bond donors (Lipinski definition) is 1. The summed E-state index contributed by atoms with van der Waals surface area (Å²) in [5.41, 5.74) is 1.05. The highest BCUT2D eigenvalue weighted by molar-refractivity contribution is 7.90. The van der Waals surface area contributed by atoms with Gasteiger partial charge in [0.05, 0.1) is 17.5 Å². The fourth-order valence-corrected chi connectivity index (χ4v) is 3.45. The number of aryl methyl sites for hydroxylation is 2. The quantitative estimate of drug-likeness (QED) is 0.874. The molecule has 0 aliphatic carbocycles. The number of nitrogens with zero attached hydrogens (tertiary/aromatic N) is 4. The third kappa shape index (κ3) is 3.07. The molecule has 1 N–H and O–H groups in total. The van der Waals surface area contributed by atoms with Crippen LogP contribution in [0.4, 0.5) is 0 Å². The Balaban J connectivity index is 2.51. The molecule has 112 valence electrons. The predicted molar refractivity (Wildman–Crippen MR) is 72.6 cm³/mol. The lowest BCUT2D eigenvalue weighted by Gasteiger charge is -2.10. The van der Waals surface area contributed by atoms with E-state index in [4.69, 9.17) is 5.11 Å². The highest BCUT2D eigenvalue weighted by atomic mass is 32.2. The molecule has 0 saturated heterocycles. The normalized spacial score (nSPS) is 11.6. The molecule has 0 fully saturated rings. The zero-order valence-corrected chi connectivity index (χ0v) is 12.5. The van der Waals surface area contributed by atoms with Gasteiger partial charge < -0.3 is 5.11 Å². The zero-order valence-electron chi connectivity index (χ0n) is 11.7. The molecule has 21 heavy (non-hydrogen) atoms. The Hall–Kier alpha value is -2.29. The van der Waals surface area contributed by atoms with Crippen molar-refractivity contribution in [1.82, 2.24) is 20.2 Å². The van der Waals surface area contributed by atoms with Crippen molar-refractivity contribution in [2.75, 3.05) is 0 Å². The maximum Gasteiger partial charge on any atom is 0.335 e. The van der Waals surface area contributed by atoms with Crippen LogP contribution in [0.25, 0.3) is 0 Å². The number of tetrazole rings is 1. The first-order valence-corrected chi connectivity index (χ1v) is 7.66. The summed E-state index contributed by atoms with van der Waals surface area (Å²) in [4.78, 5) is 12.2. The van der Waals surface area contributed by atoms with E-state index in [1.165, 1.54) is 13.1 Å². The number of carbonyl (C=O) groups is 1. The third-order valence-corrected chi connectivity index (χ3v) is 4.80. The van der Waals surface area contributed by atoms with Crippen LogP contribution in [0, 0.1) is 13.8 Å². The molecule has 1 aromatic heterocycles. The Morgan fingerprint density at radius 2 is 2.00 bits per heavy atom. The lowest BCUT2D eigenvalue weighted by atomic mass is 10.1. The summed E-state index contributed by atoms with van der Waals surface area (Å²) in [5, 5.41) is 20.1. The van der Waals surface area contributed by atoms with Crippen LogP contribution in [-0.4, -0.2) is 39.7 Å². The van der Waals surface area contributed by atoms with Gasteiger partial charge in [-0.3, -0.25) is 0 Å². The molecule has 0 aliphatic rings. The van der Waals surface area contributed by atoms with Gasteiger partial charge in [-0.15, -0.1) is 10.2 Å². The Bertz CT molecular complexity index is 811. The van der Waals surface area contributed by atoms with Gasteiger partial charge in [0.25, 0.3) is 0 Å². The Labute approximate surface area is 121 Å². The largest absolute Gasteiger partial charge is 0.478 e. The van der Waals surface area contributed by atoms with Gasteiger partial charge in [-0.05, 0) is 42.3 Å². The van der Waals surface area contributed by atoms with Crippen LogP contribution in [0.2, 0.25) is 0 Å². The molecular formula is C12H14N4O4S. The van der Waals surface area contributed by atoms with Crippen LogP contribution >= 0.6 is 0 Å². The number of sulfone groups is 1. The monoisotopic (exact) mass is 310 g/mol. The highest BCUT2D eigenvalue weighted by Crippen LogP contribution is 2.23. The second kappa shape index (κ2) is 5.24. The Morgan fingerprint density at radius 1 is 1.33 bits per heavy atom. The van der Waals surface area contributed by atoms with Gasteiger partial charge in [0, 0.05) is 0 Å². The molecule has 0 amide bonds. The molecule has 0 unspecified atom stereocenters. The van der Waals surface area contributed by atoms with E-state index in [2.05, 4.69) is 15.4 Å². The van der Waals surface area contributed by atoms with Crippen molar-refractivity contribution in [3.05, 3.63) is 34.6 Å². The average molecular weight is 310 g/mol. The fraction of sp³-hybridized carbons (Fsp3) is 0.333. The minimum absolute atomic E-state index is 0.0210. The van der Waals surface area contributed by atoms with Crippen LogP contribution in [-0.2, 0) is 22.6 Å².